The molecule has 5 aliphatic rings. The van der Waals surface area contributed by atoms with Gasteiger partial charge in [-0.15, -0.1) is 0 Å². The highest BCUT2D eigenvalue weighted by Crippen LogP contribution is 2.60. The molecule has 5 fully saturated rings. The predicted molar refractivity (Wildman–Crippen MR) is 105 cm³/mol. The van der Waals surface area contributed by atoms with Gasteiger partial charge in [0.1, 0.15) is 6.23 Å². The van der Waals surface area contributed by atoms with Crippen LogP contribution in [0.5, 0.6) is 0 Å². The number of hydrogen-bond donors (Lipinski definition) is 1. The maximum atomic E-state index is 6.55. The van der Waals surface area contributed by atoms with Crippen molar-refractivity contribution < 1.29 is 19.2 Å². The van der Waals surface area contributed by atoms with E-state index in [0.717, 1.165) is 29.4 Å². The van der Waals surface area contributed by atoms with Crippen LogP contribution in [0.3, 0.4) is 0 Å². The Bertz CT molecular complexity index is 732. The van der Waals surface area contributed by atoms with Gasteiger partial charge < -0.3 is 14.8 Å². The van der Waals surface area contributed by atoms with Gasteiger partial charge in [-0.3, -0.25) is 0 Å². The average Bonchev–Trinajstić information content (AvgIpc) is 2.86. The zero-order valence-electron chi connectivity index (χ0n) is 16.1. The normalized spacial score (nSPS) is 48.6. The molecule has 4 heterocycles. The van der Waals surface area contributed by atoms with Gasteiger partial charge in [-0.05, 0) is 56.2 Å². The van der Waals surface area contributed by atoms with Crippen LogP contribution >= 0.6 is 15.9 Å². The second kappa shape index (κ2) is 6.42. The Kier molecular flexibility index (Phi) is 4.37. The Morgan fingerprint density at radius 3 is 2.78 bits per heavy atom. The molecule has 27 heavy (non-hydrogen) atoms. The molecule has 6 heteroatoms. The molecule has 2 bridgehead atoms. The zero-order valence-corrected chi connectivity index (χ0v) is 17.7. The molecule has 1 aliphatic carbocycles. The summed E-state index contributed by atoms with van der Waals surface area (Å²) in [5.41, 5.74) is 0.544. The van der Waals surface area contributed by atoms with Crippen LogP contribution in [-0.4, -0.2) is 23.9 Å². The van der Waals surface area contributed by atoms with Gasteiger partial charge >= 0.3 is 0 Å². The molecule has 1 unspecified atom stereocenters. The van der Waals surface area contributed by atoms with E-state index in [1.807, 2.05) is 19.1 Å². The third-order valence-corrected chi connectivity index (χ3v) is 7.78. The number of rotatable bonds is 2. The molecule has 1 spiro atoms. The fourth-order valence-corrected chi connectivity index (χ4v) is 6.21. The molecule has 148 valence electrons. The Hall–Kier alpha value is -0.660. The molecular weight excluding hydrogens is 410 g/mol. The van der Waals surface area contributed by atoms with Gasteiger partial charge in [0, 0.05) is 28.4 Å². The van der Waals surface area contributed by atoms with E-state index in [-0.39, 0.29) is 12.1 Å². The third-order valence-electron chi connectivity index (χ3n) is 7.29. The molecular formula is C21H28BrNO4. The van der Waals surface area contributed by atoms with Gasteiger partial charge in [-0.25, -0.2) is 9.78 Å². The van der Waals surface area contributed by atoms with Crippen LogP contribution in [0.1, 0.15) is 46.5 Å². The molecule has 0 radical (unpaired) electrons. The maximum Gasteiger partial charge on any atom is 0.201 e. The average molecular weight is 438 g/mol. The second-order valence-electron chi connectivity index (χ2n) is 8.98. The van der Waals surface area contributed by atoms with Crippen molar-refractivity contribution in [1.82, 2.24) is 0 Å². The first kappa shape index (κ1) is 18.4. The number of nitrogens with one attached hydrogen (secondary N) is 1. The molecule has 4 saturated heterocycles. The van der Waals surface area contributed by atoms with Gasteiger partial charge in [-0.1, -0.05) is 35.8 Å². The Labute approximate surface area is 169 Å². The van der Waals surface area contributed by atoms with Crippen molar-refractivity contribution in [3.05, 3.63) is 28.7 Å². The van der Waals surface area contributed by atoms with E-state index >= 15 is 0 Å². The second-order valence-corrected chi connectivity index (χ2v) is 9.90. The van der Waals surface area contributed by atoms with Gasteiger partial charge in [0.25, 0.3) is 0 Å². The molecule has 0 amide bonds. The van der Waals surface area contributed by atoms with E-state index in [2.05, 4.69) is 47.2 Å². The molecule has 1 aromatic rings. The topological polar surface area (TPSA) is 49.0 Å². The van der Waals surface area contributed by atoms with Crippen molar-refractivity contribution in [1.29, 1.82) is 0 Å². The van der Waals surface area contributed by atoms with Crippen molar-refractivity contribution in [2.75, 3.05) is 5.32 Å². The number of ether oxygens (including phenoxy) is 2. The Morgan fingerprint density at radius 2 is 1.96 bits per heavy atom. The van der Waals surface area contributed by atoms with E-state index < -0.39 is 17.7 Å². The maximum absolute atomic E-state index is 6.55. The summed E-state index contributed by atoms with van der Waals surface area (Å²) in [7, 11) is 0. The summed E-state index contributed by atoms with van der Waals surface area (Å²) >= 11 is 3.55. The van der Waals surface area contributed by atoms with E-state index in [0.29, 0.717) is 17.8 Å². The molecule has 1 aromatic carbocycles. The van der Waals surface area contributed by atoms with Crippen LogP contribution in [-0.2, 0) is 19.2 Å². The van der Waals surface area contributed by atoms with Crippen molar-refractivity contribution >= 4 is 21.6 Å². The molecule has 6 rings (SSSR count). The standard InChI is InChI=1S/C21H28BrNO4/c1-12-7-8-17-13(2)18(23-15-6-4-5-14(22)11-15)24-19-21(17)16(12)9-10-20(3,25-19)26-27-21/h4-6,11-13,16-19,23H,7-10H2,1-3H3/t12-,13-,16+,17+,18?,19-,20-,21-/m1/s1. The van der Waals surface area contributed by atoms with Crippen LogP contribution in [0.25, 0.3) is 0 Å². The molecule has 1 saturated carbocycles. The largest absolute Gasteiger partial charge is 0.360 e. The lowest BCUT2D eigenvalue weighted by Gasteiger charge is -2.60. The first-order valence-electron chi connectivity index (χ1n) is 10.1. The Morgan fingerprint density at radius 1 is 1.11 bits per heavy atom. The number of anilines is 1. The summed E-state index contributed by atoms with van der Waals surface area (Å²) in [5, 5.41) is 3.58. The Balaban J connectivity index is 1.49. The summed E-state index contributed by atoms with van der Waals surface area (Å²) in [6.07, 6.45) is 3.70. The lowest BCUT2D eigenvalue weighted by atomic mass is 9.58. The number of halogens is 1. The summed E-state index contributed by atoms with van der Waals surface area (Å²) in [5.74, 6) is 0.884. The van der Waals surface area contributed by atoms with Crippen LogP contribution < -0.4 is 5.32 Å². The predicted octanol–water partition coefficient (Wildman–Crippen LogP) is 5.07. The quantitative estimate of drug-likeness (QED) is 0.654. The van der Waals surface area contributed by atoms with Gasteiger partial charge in [0.15, 0.2) is 11.9 Å². The summed E-state index contributed by atoms with van der Waals surface area (Å²) < 4.78 is 14.0. The van der Waals surface area contributed by atoms with Crippen LogP contribution in [0.15, 0.2) is 28.7 Å². The van der Waals surface area contributed by atoms with Gasteiger partial charge in [0.05, 0.1) is 0 Å². The molecule has 1 N–H and O–H groups in total. The van der Waals surface area contributed by atoms with Crippen LogP contribution in [0.4, 0.5) is 5.69 Å². The van der Waals surface area contributed by atoms with E-state index in [4.69, 9.17) is 19.2 Å². The zero-order chi connectivity index (χ0) is 18.8. The van der Waals surface area contributed by atoms with E-state index in [9.17, 15) is 0 Å². The van der Waals surface area contributed by atoms with Crippen LogP contribution in [0.2, 0.25) is 0 Å². The highest BCUT2D eigenvalue weighted by molar-refractivity contribution is 9.10. The van der Waals surface area contributed by atoms with Gasteiger partial charge in [0.2, 0.25) is 5.79 Å². The lowest BCUT2D eigenvalue weighted by Crippen LogP contribution is -2.71. The monoisotopic (exact) mass is 437 g/mol. The SMILES string of the molecule is C[C@@H]1CC[C@H]2[C@@H](C)C(Nc3cccc(Br)c3)O[C@@H]3O[C@@]4(C)CC[C@@H]1[C@]32OO4. The minimum absolute atomic E-state index is 0.125. The van der Waals surface area contributed by atoms with E-state index in [1.165, 1.54) is 6.42 Å². The number of fused-ring (bicyclic) bond motifs is 2. The highest BCUT2D eigenvalue weighted by Gasteiger charge is 2.69. The minimum Gasteiger partial charge on any atom is -0.360 e. The minimum atomic E-state index is -0.724. The lowest BCUT2D eigenvalue weighted by molar-refractivity contribution is -0.570. The van der Waals surface area contributed by atoms with Crippen molar-refractivity contribution in [3.8, 4) is 0 Å². The number of hydrogen-bond acceptors (Lipinski definition) is 5. The summed E-state index contributed by atoms with van der Waals surface area (Å²) in [6.45, 7) is 6.57. The molecule has 0 aromatic heterocycles. The van der Waals surface area contributed by atoms with Crippen LogP contribution in [0, 0.1) is 23.7 Å². The molecule has 5 nitrogen and oxygen atoms in total. The van der Waals surface area contributed by atoms with Crippen molar-refractivity contribution in [3.63, 3.8) is 0 Å². The number of benzene rings is 1. The first-order chi connectivity index (χ1) is 12.9. The fourth-order valence-electron chi connectivity index (χ4n) is 5.81. The first-order valence-corrected chi connectivity index (χ1v) is 10.9. The van der Waals surface area contributed by atoms with Crippen molar-refractivity contribution in [2.45, 2.75) is 70.4 Å². The third kappa shape index (κ3) is 2.79. The fraction of sp³-hybridized carbons (Fsp3) is 0.714. The van der Waals surface area contributed by atoms with Gasteiger partial charge in [-0.2, -0.15) is 0 Å². The summed E-state index contributed by atoms with van der Waals surface area (Å²) in [6, 6.07) is 8.20. The van der Waals surface area contributed by atoms with Crippen molar-refractivity contribution in [2.24, 2.45) is 23.7 Å². The molecule has 4 aliphatic heterocycles. The van der Waals surface area contributed by atoms with E-state index in [1.54, 1.807) is 0 Å². The molecule has 8 atom stereocenters. The summed E-state index contributed by atoms with van der Waals surface area (Å²) in [4.78, 5) is 12.1. The smallest absolute Gasteiger partial charge is 0.201 e. The highest BCUT2D eigenvalue weighted by atomic mass is 79.9.